The number of hydrogen-bond donors (Lipinski definition) is 1. The van der Waals surface area contributed by atoms with Crippen LogP contribution in [0, 0.1) is 0 Å². The average molecular weight is 272 g/mol. The van der Waals surface area contributed by atoms with Gasteiger partial charge in [-0.2, -0.15) is 4.68 Å². The predicted molar refractivity (Wildman–Crippen MR) is 70.0 cm³/mol. The van der Waals surface area contributed by atoms with Crippen molar-refractivity contribution in [1.82, 2.24) is 30.0 Å². The quantitative estimate of drug-likeness (QED) is 0.682. The molecule has 20 heavy (non-hydrogen) atoms. The van der Waals surface area contributed by atoms with Crippen LogP contribution >= 0.6 is 0 Å². The number of hydrogen-bond acceptors (Lipinski definition) is 6. The molecule has 8 heteroatoms. The monoisotopic (exact) mass is 272 g/mol. The lowest BCUT2D eigenvalue weighted by atomic mass is 10.2. The lowest BCUT2D eigenvalue weighted by Crippen LogP contribution is -2.27. The van der Waals surface area contributed by atoms with Crippen molar-refractivity contribution in [3.8, 4) is 0 Å². The van der Waals surface area contributed by atoms with Gasteiger partial charge in [-0.15, -0.1) is 10.2 Å². The van der Waals surface area contributed by atoms with Crippen LogP contribution in [0.1, 0.15) is 5.69 Å². The van der Waals surface area contributed by atoms with Crippen molar-refractivity contribution in [3.05, 3.63) is 46.5 Å². The molecule has 3 rings (SSSR count). The Labute approximate surface area is 113 Å². The molecule has 0 atom stereocenters. The summed E-state index contributed by atoms with van der Waals surface area (Å²) in [6.45, 7) is 0.142. The first kappa shape index (κ1) is 12.4. The van der Waals surface area contributed by atoms with E-state index in [1.807, 2.05) is 0 Å². The highest BCUT2D eigenvalue weighted by atomic mass is 16.3. The molecule has 0 saturated heterocycles. The van der Waals surface area contributed by atoms with Gasteiger partial charge in [0.2, 0.25) is 0 Å². The second kappa shape index (κ2) is 5.17. The normalized spacial score (nSPS) is 11.1. The number of aliphatic hydroxyl groups is 1. The van der Waals surface area contributed by atoms with Gasteiger partial charge in [-0.1, -0.05) is 22.6 Å². The van der Waals surface area contributed by atoms with Crippen molar-refractivity contribution in [1.29, 1.82) is 0 Å². The van der Waals surface area contributed by atoms with E-state index in [1.54, 1.807) is 30.5 Å². The fourth-order valence-corrected chi connectivity index (χ4v) is 1.89. The van der Waals surface area contributed by atoms with Crippen molar-refractivity contribution < 1.29 is 5.11 Å². The summed E-state index contributed by atoms with van der Waals surface area (Å²) in [5.41, 5.74) is 0.998. The zero-order valence-corrected chi connectivity index (χ0v) is 10.5. The van der Waals surface area contributed by atoms with Crippen LogP contribution in [0.25, 0.3) is 10.9 Å². The zero-order valence-electron chi connectivity index (χ0n) is 10.5. The molecule has 0 aliphatic heterocycles. The van der Waals surface area contributed by atoms with E-state index in [-0.39, 0.29) is 18.8 Å². The predicted octanol–water partition coefficient (Wildman–Crippen LogP) is -0.576. The number of benzene rings is 1. The number of rotatable bonds is 4. The maximum atomic E-state index is 12.2. The SMILES string of the molecule is O=c1c2ccccc2nnn1Cn1cc(CCO)nn1. The van der Waals surface area contributed by atoms with E-state index in [2.05, 4.69) is 20.6 Å². The molecule has 0 fully saturated rings. The topological polar surface area (TPSA) is 98.7 Å². The molecule has 3 aromatic rings. The molecule has 0 aliphatic rings. The van der Waals surface area contributed by atoms with Crippen molar-refractivity contribution >= 4 is 10.9 Å². The summed E-state index contributed by atoms with van der Waals surface area (Å²) in [5, 5.41) is 25.0. The van der Waals surface area contributed by atoms with Gasteiger partial charge in [0.25, 0.3) is 5.56 Å². The van der Waals surface area contributed by atoms with Gasteiger partial charge >= 0.3 is 0 Å². The molecule has 0 bridgehead atoms. The lowest BCUT2D eigenvalue weighted by molar-refractivity contribution is 0.298. The van der Waals surface area contributed by atoms with E-state index in [0.717, 1.165) is 0 Å². The Morgan fingerprint density at radius 1 is 1.15 bits per heavy atom. The van der Waals surface area contributed by atoms with Crippen LogP contribution in [0.15, 0.2) is 35.3 Å². The second-order valence-corrected chi connectivity index (χ2v) is 4.28. The van der Waals surface area contributed by atoms with Crippen LogP contribution in [0.4, 0.5) is 0 Å². The Morgan fingerprint density at radius 2 is 2.00 bits per heavy atom. The molecule has 0 saturated carbocycles. The minimum atomic E-state index is -0.227. The molecule has 1 N–H and O–H groups in total. The van der Waals surface area contributed by atoms with Crippen LogP contribution in [0.5, 0.6) is 0 Å². The zero-order chi connectivity index (χ0) is 13.9. The molecular formula is C12H12N6O2. The highest BCUT2D eigenvalue weighted by Gasteiger charge is 2.06. The second-order valence-electron chi connectivity index (χ2n) is 4.28. The molecular weight excluding hydrogens is 260 g/mol. The lowest BCUT2D eigenvalue weighted by Gasteiger charge is -2.03. The third-order valence-electron chi connectivity index (χ3n) is 2.86. The first-order valence-corrected chi connectivity index (χ1v) is 6.10. The third kappa shape index (κ3) is 2.28. The van der Waals surface area contributed by atoms with Gasteiger partial charge in [0.05, 0.1) is 17.3 Å². The maximum Gasteiger partial charge on any atom is 0.279 e. The molecule has 0 radical (unpaired) electrons. The largest absolute Gasteiger partial charge is 0.396 e. The molecule has 0 amide bonds. The summed E-state index contributed by atoms with van der Waals surface area (Å²) in [7, 11) is 0. The van der Waals surface area contributed by atoms with Crippen molar-refractivity contribution in [2.75, 3.05) is 6.61 Å². The first-order valence-electron chi connectivity index (χ1n) is 6.10. The standard InChI is InChI=1S/C12H12N6O2/c19-6-5-9-7-17(15-13-9)8-18-12(20)10-3-1-2-4-11(10)14-16-18/h1-4,7,19H,5-6,8H2. The minimum Gasteiger partial charge on any atom is -0.396 e. The number of aromatic nitrogens is 6. The van der Waals surface area contributed by atoms with Gasteiger partial charge < -0.3 is 5.11 Å². The molecule has 2 aromatic heterocycles. The summed E-state index contributed by atoms with van der Waals surface area (Å²) in [6.07, 6.45) is 2.10. The van der Waals surface area contributed by atoms with Crippen LogP contribution in [0.2, 0.25) is 0 Å². The van der Waals surface area contributed by atoms with Crippen LogP contribution < -0.4 is 5.56 Å². The van der Waals surface area contributed by atoms with Crippen molar-refractivity contribution in [3.63, 3.8) is 0 Å². The summed E-state index contributed by atoms with van der Waals surface area (Å²) in [4.78, 5) is 12.2. The first-order chi connectivity index (χ1) is 9.78. The summed E-state index contributed by atoms with van der Waals surface area (Å²) in [6, 6.07) is 7.04. The molecule has 0 spiro atoms. The average Bonchev–Trinajstić information content (AvgIpc) is 2.90. The maximum absolute atomic E-state index is 12.2. The van der Waals surface area contributed by atoms with Gasteiger partial charge in [0.1, 0.15) is 12.2 Å². The molecule has 0 aliphatic carbocycles. The third-order valence-corrected chi connectivity index (χ3v) is 2.86. The summed E-state index contributed by atoms with van der Waals surface area (Å²) in [5.74, 6) is 0. The van der Waals surface area contributed by atoms with E-state index >= 15 is 0 Å². The van der Waals surface area contributed by atoms with Crippen LogP contribution in [-0.4, -0.2) is 41.7 Å². The Morgan fingerprint density at radius 3 is 2.85 bits per heavy atom. The minimum absolute atomic E-state index is 0.00836. The summed E-state index contributed by atoms with van der Waals surface area (Å²) >= 11 is 0. The molecule has 1 aromatic carbocycles. The number of fused-ring (bicyclic) bond motifs is 1. The van der Waals surface area contributed by atoms with Crippen LogP contribution in [-0.2, 0) is 13.1 Å². The highest BCUT2D eigenvalue weighted by molar-refractivity contribution is 5.76. The van der Waals surface area contributed by atoms with E-state index in [1.165, 1.54) is 9.36 Å². The van der Waals surface area contributed by atoms with Gasteiger partial charge in [-0.05, 0) is 12.1 Å². The fourth-order valence-electron chi connectivity index (χ4n) is 1.89. The van der Waals surface area contributed by atoms with Gasteiger partial charge in [-0.3, -0.25) is 4.79 Å². The van der Waals surface area contributed by atoms with Gasteiger partial charge in [0.15, 0.2) is 0 Å². The Hall–Kier alpha value is -2.61. The van der Waals surface area contributed by atoms with E-state index in [9.17, 15) is 4.79 Å². The van der Waals surface area contributed by atoms with Gasteiger partial charge in [0, 0.05) is 13.0 Å². The van der Waals surface area contributed by atoms with Crippen molar-refractivity contribution in [2.24, 2.45) is 0 Å². The molecule has 8 nitrogen and oxygen atoms in total. The van der Waals surface area contributed by atoms with Crippen LogP contribution in [0.3, 0.4) is 0 Å². The smallest absolute Gasteiger partial charge is 0.279 e. The van der Waals surface area contributed by atoms with E-state index in [4.69, 9.17) is 5.11 Å². The fraction of sp³-hybridized carbons (Fsp3) is 0.250. The summed E-state index contributed by atoms with van der Waals surface area (Å²) < 4.78 is 2.70. The number of aliphatic hydroxyl groups excluding tert-OH is 1. The molecule has 2 heterocycles. The van der Waals surface area contributed by atoms with Gasteiger partial charge in [-0.25, -0.2) is 4.68 Å². The molecule has 102 valence electrons. The highest BCUT2D eigenvalue weighted by Crippen LogP contribution is 2.03. The Balaban J connectivity index is 1.94. The Bertz CT molecular complexity index is 794. The Kier molecular flexibility index (Phi) is 3.21. The molecule has 0 unspecified atom stereocenters. The van der Waals surface area contributed by atoms with Crippen molar-refractivity contribution in [2.45, 2.75) is 13.1 Å². The van der Waals surface area contributed by atoms with E-state index in [0.29, 0.717) is 23.0 Å². The van der Waals surface area contributed by atoms with E-state index < -0.39 is 0 Å². The number of nitrogens with zero attached hydrogens (tertiary/aromatic N) is 6.